The number of nitrogens with zero attached hydrogens (tertiary/aromatic N) is 4. The summed E-state index contributed by atoms with van der Waals surface area (Å²) >= 11 is 0. The van der Waals surface area contributed by atoms with Crippen LogP contribution in [0.4, 0.5) is 5.69 Å². The van der Waals surface area contributed by atoms with Crippen LogP contribution in [0.2, 0.25) is 0 Å². The molecule has 0 bridgehead atoms. The van der Waals surface area contributed by atoms with Crippen molar-refractivity contribution in [2.24, 2.45) is 0 Å². The van der Waals surface area contributed by atoms with E-state index >= 15 is 0 Å². The van der Waals surface area contributed by atoms with E-state index in [4.69, 9.17) is 6.57 Å². The van der Waals surface area contributed by atoms with Gasteiger partial charge < -0.3 is 9.13 Å². The van der Waals surface area contributed by atoms with Gasteiger partial charge in [0.25, 0.3) is 0 Å². The van der Waals surface area contributed by atoms with Crippen molar-refractivity contribution >= 4 is 93.9 Å². The lowest BCUT2D eigenvalue weighted by molar-refractivity contribution is 0.591. The standard InChI is InChI=1S/C56H35BN4/c1-56(2,3)33-27-43-41-29-45-37-11-5-7-17-49(37)60(35-23-19-32(31-58)20-24-35)54(45)39-13-9-15-47(51(39)41)57-48-16-10-14-40-52(48)42(44(28-33)53(43)57)30-46-38-12-6-8-18-50(38)61(55(40)46)36-25-21-34(59-4)22-26-36/h5-30H,1-3H3. The Labute approximate surface area is 353 Å². The lowest BCUT2D eigenvalue weighted by Crippen LogP contribution is -2.57. The van der Waals surface area contributed by atoms with E-state index in [2.05, 4.69) is 174 Å². The molecule has 0 fully saturated rings. The molecular weight excluding hydrogens is 739 g/mol. The van der Waals surface area contributed by atoms with E-state index < -0.39 is 0 Å². The Balaban J connectivity index is 1.20. The van der Waals surface area contributed by atoms with Gasteiger partial charge >= 0.3 is 0 Å². The van der Waals surface area contributed by atoms with E-state index in [-0.39, 0.29) is 12.1 Å². The molecule has 4 nitrogen and oxygen atoms in total. The summed E-state index contributed by atoms with van der Waals surface area (Å²) in [6, 6.07) is 59.7. The maximum absolute atomic E-state index is 9.68. The lowest BCUT2D eigenvalue weighted by Gasteiger charge is -2.36. The second kappa shape index (κ2) is 11.9. The maximum atomic E-state index is 9.68. The van der Waals surface area contributed by atoms with Crippen molar-refractivity contribution < 1.29 is 0 Å². The van der Waals surface area contributed by atoms with Crippen LogP contribution in [0.5, 0.6) is 0 Å². The summed E-state index contributed by atoms with van der Waals surface area (Å²) < 4.78 is 4.81. The van der Waals surface area contributed by atoms with E-state index in [0.29, 0.717) is 11.3 Å². The van der Waals surface area contributed by atoms with Gasteiger partial charge in [-0.3, -0.25) is 0 Å². The van der Waals surface area contributed by atoms with Gasteiger partial charge in [-0.15, -0.1) is 0 Å². The van der Waals surface area contributed by atoms with Crippen LogP contribution in [0.3, 0.4) is 0 Å². The average Bonchev–Trinajstić information content (AvgIpc) is 3.81. The summed E-state index contributed by atoms with van der Waals surface area (Å²) in [6.45, 7) is 14.7. The molecule has 2 aliphatic heterocycles. The van der Waals surface area contributed by atoms with Gasteiger partial charge in [-0.1, -0.05) is 134 Å². The molecule has 5 heteroatoms. The van der Waals surface area contributed by atoms with Gasteiger partial charge in [-0.25, -0.2) is 4.85 Å². The van der Waals surface area contributed by atoms with Crippen molar-refractivity contribution in [3.05, 3.63) is 180 Å². The zero-order valence-electron chi connectivity index (χ0n) is 33.9. The fourth-order valence-corrected chi connectivity index (χ4v) is 11.0. The molecule has 2 aliphatic rings. The van der Waals surface area contributed by atoms with Crippen LogP contribution in [0.1, 0.15) is 31.9 Å². The predicted molar refractivity (Wildman–Crippen MR) is 255 cm³/mol. The van der Waals surface area contributed by atoms with E-state index in [1.807, 2.05) is 24.3 Å². The van der Waals surface area contributed by atoms with E-state index in [9.17, 15) is 5.26 Å². The van der Waals surface area contributed by atoms with Crippen molar-refractivity contribution in [2.75, 3.05) is 0 Å². The summed E-state index contributed by atoms with van der Waals surface area (Å²) in [7, 11) is 0. The Morgan fingerprint density at radius 1 is 0.525 bits per heavy atom. The smallest absolute Gasteiger partial charge is 0.244 e. The zero-order valence-corrected chi connectivity index (χ0v) is 33.9. The first kappa shape index (κ1) is 34.1. The molecule has 282 valence electrons. The van der Waals surface area contributed by atoms with Gasteiger partial charge in [0.2, 0.25) is 6.71 Å². The van der Waals surface area contributed by atoms with Gasteiger partial charge in [0.15, 0.2) is 5.69 Å². The molecule has 61 heavy (non-hydrogen) atoms. The number of benzene rings is 9. The molecule has 0 saturated carbocycles. The van der Waals surface area contributed by atoms with Crippen LogP contribution in [0.15, 0.2) is 158 Å². The van der Waals surface area contributed by atoms with Crippen LogP contribution in [0.25, 0.3) is 104 Å². The maximum Gasteiger partial charge on any atom is 0.244 e. The van der Waals surface area contributed by atoms with Gasteiger partial charge in [0.05, 0.1) is 40.3 Å². The predicted octanol–water partition coefficient (Wildman–Crippen LogP) is 12.4. The minimum atomic E-state index is -0.0967. The molecular formula is C56H35BN4. The van der Waals surface area contributed by atoms with Gasteiger partial charge in [0.1, 0.15) is 0 Å². The molecule has 0 N–H and O–H groups in total. The molecule has 0 amide bonds. The zero-order chi connectivity index (χ0) is 40.9. The summed E-state index contributed by atoms with van der Waals surface area (Å²) in [5, 5.41) is 19.6. The number of rotatable bonds is 2. The number of aromatic nitrogens is 2. The van der Waals surface area contributed by atoms with Crippen molar-refractivity contribution in [3.8, 4) is 39.7 Å². The molecule has 0 unspecified atom stereocenters. The Kier molecular flexibility index (Phi) is 6.63. The third kappa shape index (κ3) is 4.42. The van der Waals surface area contributed by atoms with E-state index in [1.165, 1.54) is 98.3 Å². The molecule has 0 radical (unpaired) electrons. The molecule has 0 aliphatic carbocycles. The summed E-state index contributed by atoms with van der Waals surface area (Å²) in [6.07, 6.45) is 0. The first-order chi connectivity index (χ1) is 29.8. The van der Waals surface area contributed by atoms with Crippen LogP contribution < -0.4 is 16.4 Å². The number of hydrogen-bond acceptors (Lipinski definition) is 1. The third-order valence-corrected chi connectivity index (χ3v) is 13.7. The SMILES string of the molecule is [C-]#[N+]c1ccc(-n2c3ccccc3c3cc4c5c(cccc5c32)B2c3c(cc(C(C)(C)C)cc3-4)-c3cc4c5ccccc5n(-c5ccc(C#N)cc5)c4c4cccc2c34)cc1. The molecule has 0 saturated heterocycles. The number of para-hydroxylation sites is 2. The first-order valence-corrected chi connectivity index (χ1v) is 21.0. The van der Waals surface area contributed by atoms with Gasteiger partial charge in [-0.05, 0) is 105 Å². The lowest BCUT2D eigenvalue weighted by atomic mass is 9.31. The molecule has 0 atom stereocenters. The monoisotopic (exact) mass is 774 g/mol. The minimum absolute atomic E-state index is 0.0184. The summed E-state index contributed by atoms with van der Waals surface area (Å²) in [5.41, 5.74) is 18.5. The van der Waals surface area contributed by atoms with Crippen LogP contribution >= 0.6 is 0 Å². The molecule has 4 heterocycles. The minimum Gasteiger partial charge on any atom is -0.309 e. The normalized spacial score (nSPS) is 12.8. The van der Waals surface area contributed by atoms with Crippen LogP contribution in [-0.4, -0.2) is 15.8 Å². The highest BCUT2D eigenvalue weighted by molar-refractivity contribution is 7.01. The molecule has 0 spiro atoms. The molecule has 13 rings (SSSR count). The Morgan fingerprint density at radius 2 is 1.00 bits per heavy atom. The summed E-state index contributed by atoms with van der Waals surface area (Å²) in [4.78, 5) is 3.70. The highest BCUT2D eigenvalue weighted by Gasteiger charge is 2.40. The van der Waals surface area contributed by atoms with E-state index in [1.54, 1.807) is 0 Å². The molecule has 9 aromatic carbocycles. The molecule has 2 aromatic heterocycles. The fraction of sp³-hybridized carbons (Fsp3) is 0.0714. The fourth-order valence-electron chi connectivity index (χ4n) is 11.0. The van der Waals surface area contributed by atoms with Crippen molar-refractivity contribution in [2.45, 2.75) is 26.2 Å². The second-order valence-corrected chi connectivity index (χ2v) is 17.8. The van der Waals surface area contributed by atoms with E-state index in [0.717, 1.165) is 22.4 Å². The Hall–Kier alpha value is -7.86. The Bertz CT molecular complexity index is 3620. The number of hydrogen-bond donors (Lipinski definition) is 0. The van der Waals surface area contributed by atoms with Crippen molar-refractivity contribution in [1.29, 1.82) is 5.26 Å². The van der Waals surface area contributed by atoms with Crippen molar-refractivity contribution in [1.82, 2.24) is 9.13 Å². The number of nitriles is 1. The number of fused-ring (bicyclic) bond motifs is 12. The van der Waals surface area contributed by atoms with Crippen molar-refractivity contribution in [3.63, 3.8) is 0 Å². The van der Waals surface area contributed by atoms with Gasteiger partial charge in [0, 0.05) is 43.7 Å². The highest BCUT2D eigenvalue weighted by atomic mass is 15.0. The Morgan fingerprint density at radius 3 is 1.48 bits per heavy atom. The molecule has 11 aromatic rings. The quantitative estimate of drug-likeness (QED) is 0.127. The van der Waals surface area contributed by atoms with Gasteiger partial charge in [-0.2, -0.15) is 5.26 Å². The van der Waals surface area contributed by atoms with Crippen LogP contribution in [-0.2, 0) is 5.41 Å². The second-order valence-electron chi connectivity index (χ2n) is 17.8. The largest absolute Gasteiger partial charge is 0.309 e. The topological polar surface area (TPSA) is 38.0 Å². The first-order valence-electron chi connectivity index (χ1n) is 21.0. The highest BCUT2D eigenvalue weighted by Crippen LogP contribution is 2.48. The average molecular weight is 775 g/mol. The summed E-state index contributed by atoms with van der Waals surface area (Å²) in [5.74, 6) is 0. The van der Waals surface area contributed by atoms with Crippen LogP contribution in [0, 0.1) is 17.9 Å². The third-order valence-electron chi connectivity index (χ3n) is 13.7.